The highest BCUT2D eigenvalue weighted by Crippen LogP contribution is 2.34. The number of rotatable bonds is 4. The molecule has 1 heterocycles. The van der Waals surface area contributed by atoms with Crippen molar-refractivity contribution in [2.45, 2.75) is 13.3 Å². The molecule has 0 bridgehead atoms. The van der Waals surface area contributed by atoms with Gasteiger partial charge in [0, 0.05) is 6.54 Å². The molecule has 0 aliphatic carbocycles. The summed E-state index contributed by atoms with van der Waals surface area (Å²) in [5.41, 5.74) is 0.459. The lowest BCUT2D eigenvalue weighted by atomic mass is 10.1. The average molecular weight is 260 g/mol. The third-order valence-corrected chi connectivity index (χ3v) is 2.84. The Morgan fingerprint density at radius 3 is 2.95 bits per heavy atom. The molecule has 19 heavy (non-hydrogen) atoms. The molecule has 2 rings (SSSR count). The molecule has 5 heteroatoms. The van der Waals surface area contributed by atoms with Gasteiger partial charge in [0.05, 0.1) is 11.6 Å². The smallest absolute Gasteiger partial charge is 0.258 e. The second kappa shape index (κ2) is 6.10. The van der Waals surface area contributed by atoms with Crippen LogP contribution in [0, 0.1) is 11.3 Å². The zero-order valence-corrected chi connectivity index (χ0v) is 10.9. The lowest BCUT2D eigenvalue weighted by Crippen LogP contribution is -2.33. The third-order valence-electron chi connectivity index (χ3n) is 2.84. The standard InChI is InChI=1S/C14H16N2O3/c1-2-7-16(8-6-15)14(17)11-4-3-5-12-13(11)19-10-9-18-12/h3-5H,2,7-10H2,1H3. The Morgan fingerprint density at radius 2 is 2.21 bits per heavy atom. The van der Waals surface area contributed by atoms with E-state index in [1.165, 1.54) is 4.90 Å². The average Bonchev–Trinajstić information content (AvgIpc) is 2.46. The van der Waals surface area contributed by atoms with E-state index in [2.05, 4.69) is 0 Å². The quantitative estimate of drug-likeness (QED) is 0.775. The van der Waals surface area contributed by atoms with Crippen LogP contribution >= 0.6 is 0 Å². The number of para-hydroxylation sites is 1. The van der Waals surface area contributed by atoms with Crippen LogP contribution in [0.3, 0.4) is 0 Å². The first-order chi connectivity index (χ1) is 9.27. The van der Waals surface area contributed by atoms with Crippen molar-refractivity contribution in [1.82, 2.24) is 4.90 Å². The summed E-state index contributed by atoms with van der Waals surface area (Å²) in [5, 5.41) is 8.80. The number of ether oxygens (including phenoxy) is 2. The topological polar surface area (TPSA) is 62.6 Å². The van der Waals surface area contributed by atoms with Gasteiger partial charge in [-0.3, -0.25) is 4.79 Å². The summed E-state index contributed by atoms with van der Waals surface area (Å²) in [6.45, 7) is 3.52. The van der Waals surface area contributed by atoms with E-state index in [-0.39, 0.29) is 12.5 Å². The Labute approximate surface area is 112 Å². The molecular weight excluding hydrogens is 244 g/mol. The molecular formula is C14H16N2O3. The van der Waals surface area contributed by atoms with E-state index < -0.39 is 0 Å². The van der Waals surface area contributed by atoms with Crippen molar-refractivity contribution >= 4 is 5.91 Å². The summed E-state index contributed by atoms with van der Waals surface area (Å²) in [7, 11) is 0. The van der Waals surface area contributed by atoms with Gasteiger partial charge in [0.25, 0.3) is 5.91 Å². The van der Waals surface area contributed by atoms with Gasteiger partial charge in [-0.1, -0.05) is 13.0 Å². The fourth-order valence-corrected chi connectivity index (χ4v) is 2.02. The molecule has 1 aliphatic rings. The molecule has 1 aromatic rings. The molecule has 1 amide bonds. The van der Waals surface area contributed by atoms with Crippen LogP contribution in [0.1, 0.15) is 23.7 Å². The normalized spacial score (nSPS) is 12.6. The van der Waals surface area contributed by atoms with Gasteiger partial charge in [-0.05, 0) is 18.6 Å². The van der Waals surface area contributed by atoms with Crippen LogP contribution in [0.25, 0.3) is 0 Å². The molecule has 0 unspecified atom stereocenters. The van der Waals surface area contributed by atoms with Gasteiger partial charge >= 0.3 is 0 Å². The monoisotopic (exact) mass is 260 g/mol. The van der Waals surface area contributed by atoms with Gasteiger partial charge in [-0.2, -0.15) is 5.26 Å². The molecule has 1 aromatic carbocycles. The molecule has 0 saturated heterocycles. The Morgan fingerprint density at radius 1 is 1.42 bits per heavy atom. The first-order valence-corrected chi connectivity index (χ1v) is 6.32. The zero-order chi connectivity index (χ0) is 13.7. The van der Waals surface area contributed by atoms with E-state index in [4.69, 9.17) is 14.7 Å². The van der Waals surface area contributed by atoms with Crippen LogP contribution in [0.15, 0.2) is 18.2 Å². The van der Waals surface area contributed by atoms with Crippen molar-refractivity contribution in [3.8, 4) is 17.6 Å². The zero-order valence-electron chi connectivity index (χ0n) is 10.9. The van der Waals surface area contributed by atoms with Crippen molar-refractivity contribution in [3.05, 3.63) is 23.8 Å². The molecule has 0 radical (unpaired) electrons. The van der Waals surface area contributed by atoms with Crippen molar-refractivity contribution in [1.29, 1.82) is 5.26 Å². The summed E-state index contributed by atoms with van der Waals surface area (Å²) in [6.07, 6.45) is 0.805. The molecule has 0 saturated carbocycles. The fraction of sp³-hybridized carbons (Fsp3) is 0.429. The van der Waals surface area contributed by atoms with E-state index in [0.717, 1.165) is 6.42 Å². The number of benzene rings is 1. The lowest BCUT2D eigenvalue weighted by molar-refractivity contribution is 0.0765. The maximum Gasteiger partial charge on any atom is 0.258 e. The number of carbonyl (C=O) groups excluding carboxylic acids is 1. The molecule has 0 atom stereocenters. The van der Waals surface area contributed by atoms with Crippen LogP contribution in [0.4, 0.5) is 0 Å². The summed E-state index contributed by atoms with van der Waals surface area (Å²) >= 11 is 0. The second-order valence-electron chi connectivity index (χ2n) is 4.21. The minimum Gasteiger partial charge on any atom is -0.486 e. The van der Waals surface area contributed by atoms with E-state index in [0.29, 0.717) is 36.8 Å². The Balaban J connectivity index is 2.30. The van der Waals surface area contributed by atoms with Crippen LogP contribution in [-0.4, -0.2) is 37.1 Å². The van der Waals surface area contributed by atoms with Crippen molar-refractivity contribution in [3.63, 3.8) is 0 Å². The Kier molecular flexibility index (Phi) is 4.24. The van der Waals surface area contributed by atoms with Gasteiger partial charge < -0.3 is 14.4 Å². The van der Waals surface area contributed by atoms with E-state index in [1.54, 1.807) is 18.2 Å². The largest absolute Gasteiger partial charge is 0.486 e. The molecule has 0 fully saturated rings. The molecule has 0 aromatic heterocycles. The SMILES string of the molecule is CCCN(CC#N)C(=O)c1cccc2c1OCCO2. The van der Waals surface area contributed by atoms with Gasteiger partial charge in [0.15, 0.2) is 11.5 Å². The van der Waals surface area contributed by atoms with Crippen molar-refractivity contribution in [2.75, 3.05) is 26.3 Å². The minimum atomic E-state index is -0.189. The molecule has 1 aliphatic heterocycles. The van der Waals surface area contributed by atoms with Crippen LogP contribution in [0.2, 0.25) is 0 Å². The number of nitriles is 1. The summed E-state index contributed by atoms with van der Waals surface area (Å²) < 4.78 is 11.0. The maximum absolute atomic E-state index is 12.4. The number of fused-ring (bicyclic) bond motifs is 1. The summed E-state index contributed by atoms with van der Waals surface area (Å²) in [6, 6.07) is 7.26. The Bertz CT molecular complexity index is 508. The lowest BCUT2D eigenvalue weighted by Gasteiger charge is -2.24. The number of nitrogens with zero attached hydrogens (tertiary/aromatic N) is 2. The highest BCUT2D eigenvalue weighted by atomic mass is 16.6. The van der Waals surface area contributed by atoms with Gasteiger partial charge in [0.1, 0.15) is 19.8 Å². The van der Waals surface area contributed by atoms with Crippen LogP contribution in [-0.2, 0) is 0 Å². The number of carbonyl (C=O) groups is 1. The Hall–Kier alpha value is -2.22. The van der Waals surface area contributed by atoms with Gasteiger partial charge in [-0.15, -0.1) is 0 Å². The molecule has 5 nitrogen and oxygen atoms in total. The van der Waals surface area contributed by atoms with Crippen molar-refractivity contribution in [2.24, 2.45) is 0 Å². The van der Waals surface area contributed by atoms with Crippen molar-refractivity contribution < 1.29 is 14.3 Å². The predicted octanol–water partition coefficient (Wildman–Crippen LogP) is 1.83. The maximum atomic E-state index is 12.4. The van der Waals surface area contributed by atoms with Crippen LogP contribution in [0.5, 0.6) is 11.5 Å². The molecule has 0 N–H and O–H groups in total. The molecule has 100 valence electrons. The predicted molar refractivity (Wildman–Crippen MR) is 69.2 cm³/mol. The highest BCUT2D eigenvalue weighted by molar-refractivity contribution is 5.98. The highest BCUT2D eigenvalue weighted by Gasteiger charge is 2.23. The third kappa shape index (κ3) is 2.79. The minimum absolute atomic E-state index is 0.0806. The van der Waals surface area contributed by atoms with E-state index in [1.807, 2.05) is 13.0 Å². The van der Waals surface area contributed by atoms with E-state index >= 15 is 0 Å². The second-order valence-corrected chi connectivity index (χ2v) is 4.21. The number of hydrogen-bond acceptors (Lipinski definition) is 4. The summed E-state index contributed by atoms with van der Waals surface area (Å²) in [4.78, 5) is 14.0. The summed E-state index contributed by atoms with van der Waals surface area (Å²) in [5.74, 6) is 0.883. The number of hydrogen-bond donors (Lipinski definition) is 0. The van der Waals surface area contributed by atoms with Gasteiger partial charge in [-0.25, -0.2) is 0 Å². The molecule has 0 spiro atoms. The van der Waals surface area contributed by atoms with E-state index in [9.17, 15) is 4.79 Å². The van der Waals surface area contributed by atoms with Crippen LogP contribution < -0.4 is 9.47 Å². The van der Waals surface area contributed by atoms with Gasteiger partial charge in [0.2, 0.25) is 0 Å². The fourth-order valence-electron chi connectivity index (χ4n) is 2.02. The number of amides is 1. The first-order valence-electron chi connectivity index (χ1n) is 6.32. The first kappa shape index (κ1) is 13.2.